The van der Waals surface area contributed by atoms with Gasteiger partial charge in [-0.3, -0.25) is 0 Å². The van der Waals surface area contributed by atoms with Crippen LogP contribution >= 0.6 is 0 Å². The maximum atomic E-state index is 2.73. The lowest BCUT2D eigenvalue weighted by Gasteiger charge is -2.44. The van der Waals surface area contributed by atoms with Crippen molar-refractivity contribution in [3.05, 3.63) is 109 Å². The van der Waals surface area contributed by atoms with Crippen molar-refractivity contribution in [2.45, 2.75) is 83.1 Å². The van der Waals surface area contributed by atoms with Gasteiger partial charge in [-0.2, -0.15) is 0 Å². The molecule has 45 heavy (non-hydrogen) atoms. The van der Waals surface area contributed by atoms with E-state index >= 15 is 0 Å². The van der Waals surface area contributed by atoms with E-state index in [1.165, 1.54) is 128 Å². The lowest BCUT2D eigenvalue weighted by molar-refractivity contribution is 1.11. The standard InChI is InChI=1S/C42H43BN2/c1-20-22(3)29(10)40(30(11)23(20)4)44-35-19-15-17-33-37-27(8)25(6)26(7)36-32-16-13-14-18-34(32)45(42(36)37)43(39(33)35)38-28(9)21(2)24(5)31(12)41(38)44/h13-19H,1-12H3. The van der Waals surface area contributed by atoms with Crippen LogP contribution in [0.1, 0.15) is 66.8 Å². The SMILES string of the molecule is Cc1c(C)c(C)c(N2c3cccc4c3B(c3c(C)c(C)c(C)c(C)c32)n2c3ccccc3c3c(C)c(C)c(C)c-4c32)c(C)c1C. The number of aryl methyl sites for hydroxylation is 1. The third-order valence-electron chi connectivity index (χ3n) is 12.5. The van der Waals surface area contributed by atoms with Crippen LogP contribution in [0.15, 0.2) is 42.5 Å². The van der Waals surface area contributed by atoms with Crippen molar-refractivity contribution in [2.24, 2.45) is 0 Å². The van der Waals surface area contributed by atoms with Crippen LogP contribution in [-0.2, 0) is 0 Å². The Morgan fingerprint density at radius 3 is 1.69 bits per heavy atom. The molecule has 0 bridgehead atoms. The summed E-state index contributed by atoms with van der Waals surface area (Å²) in [6.07, 6.45) is 0. The highest BCUT2D eigenvalue weighted by molar-refractivity contribution is 6.90. The number of benzene rings is 5. The summed E-state index contributed by atoms with van der Waals surface area (Å²) in [6.45, 7) is 28.0. The fraction of sp³-hybridized carbons (Fsp3) is 0.286. The number of aromatic nitrogens is 1. The quantitative estimate of drug-likeness (QED) is 0.174. The second kappa shape index (κ2) is 9.16. The first-order valence-electron chi connectivity index (χ1n) is 16.5. The molecular weight excluding hydrogens is 543 g/mol. The Morgan fingerprint density at radius 2 is 1.02 bits per heavy atom. The minimum Gasteiger partial charge on any atom is -0.375 e. The van der Waals surface area contributed by atoms with Gasteiger partial charge in [-0.15, -0.1) is 0 Å². The molecule has 224 valence electrons. The van der Waals surface area contributed by atoms with E-state index in [1.54, 1.807) is 0 Å². The summed E-state index contributed by atoms with van der Waals surface area (Å²) < 4.78 is 2.73. The first kappa shape index (κ1) is 28.3. The molecule has 0 fully saturated rings. The Labute approximate surface area is 268 Å². The van der Waals surface area contributed by atoms with Crippen LogP contribution in [0.4, 0.5) is 17.1 Å². The first-order valence-corrected chi connectivity index (χ1v) is 16.5. The van der Waals surface area contributed by atoms with Gasteiger partial charge in [0.25, 0.3) is 0 Å². The van der Waals surface area contributed by atoms with Crippen LogP contribution in [-0.4, -0.2) is 11.3 Å². The van der Waals surface area contributed by atoms with Crippen molar-refractivity contribution < 1.29 is 0 Å². The van der Waals surface area contributed by atoms with Crippen LogP contribution in [0.25, 0.3) is 32.9 Å². The zero-order valence-electron chi connectivity index (χ0n) is 29.0. The Balaban J connectivity index is 1.66. The molecule has 0 amide bonds. The minimum absolute atomic E-state index is 0.0881. The summed E-state index contributed by atoms with van der Waals surface area (Å²) in [5.41, 5.74) is 29.2. The number of anilines is 3. The van der Waals surface area contributed by atoms with Gasteiger partial charge in [0, 0.05) is 38.7 Å². The number of fused-ring (bicyclic) bond motifs is 7. The summed E-state index contributed by atoms with van der Waals surface area (Å²) >= 11 is 0. The highest BCUT2D eigenvalue weighted by Gasteiger charge is 2.45. The molecule has 2 nitrogen and oxygen atoms in total. The topological polar surface area (TPSA) is 8.17 Å². The van der Waals surface area contributed by atoms with Crippen LogP contribution < -0.4 is 15.8 Å². The van der Waals surface area contributed by atoms with Crippen LogP contribution in [0.3, 0.4) is 0 Å². The number of hydrogen-bond acceptors (Lipinski definition) is 1. The maximum absolute atomic E-state index is 2.73. The molecule has 5 aromatic carbocycles. The normalized spacial score (nSPS) is 13.2. The van der Waals surface area contributed by atoms with Gasteiger partial charge in [0.05, 0.1) is 5.69 Å². The Hall–Kier alpha value is -4.24. The average Bonchev–Trinajstić information content (AvgIpc) is 3.38. The Bertz CT molecular complexity index is 2320. The number of hydrogen-bond donors (Lipinski definition) is 0. The van der Waals surface area contributed by atoms with Gasteiger partial charge in [-0.05, 0) is 178 Å². The van der Waals surface area contributed by atoms with Gasteiger partial charge in [0.15, 0.2) is 0 Å². The van der Waals surface area contributed by atoms with Gasteiger partial charge in [0.2, 0.25) is 0 Å². The molecule has 0 radical (unpaired) electrons. The molecule has 0 spiro atoms. The van der Waals surface area contributed by atoms with Crippen molar-refractivity contribution in [1.82, 2.24) is 4.48 Å². The fourth-order valence-corrected chi connectivity index (χ4v) is 9.09. The van der Waals surface area contributed by atoms with Crippen LogP contribution in [0.2, 0.25) is 0 Å². The molecule has 2 aliphatic heterocycles. The highest BCUT2D eigenvalue weighted by Crippen LogP contribution is 2.50. The van der Waals surface area contributed by atoms with Gasteiger partial charge in [-0.1, -0.05) is 30.3 Å². The van der Waals surface area contributed by atoms with Crippen molar-refractivity contribution >= 4 is 56.6 Å². The van der Waals surface area contributed by atoms with E-state index in [1.807, 2.05) is 0 Å². The van der Waals surface area contributed by atoms with Crippen LogP contribution in [0.5, 0.6) is 0 Å². The predicted octanol–water partition coefficient (Wildman–Crippen LogP) is 9.91. The molecule has 3 heterocycles. The largest absolute Gasteiger partial charge is 0.375 e. The summed E-state index contributed by atoms with van der Waals surface area (Å²) in [5.74, 6) is 0. The van der Waals surface area contributed by atoms with Crippen molar-refractivity contribution in [3.8, 4) is 11.1 Å². The van der Waals surface area contributed by atoms with E-state index in [0.717, 1.165) is 0 Å². The summed E-state index contributed by atoms with van der Waals surface area (Å²) in [4.78, 5) is 2.67. The molecule has 6 aromatic rings. The van der Waals surface area contributed by atoms with E-state index in [9.17, 15) is 0 Å². The van der Waals surface area contributed by atoms with E-state index in [-0.39, 0.29) is 6.85 Å². The number of rotatable bonds is 1. The summed E-state index contributed by atoms with van der Waals surface area (Å²) in [5, 5.41) is 2.78. The second-order valence-corrected chi connectivity index (χ2v) is 14.1. The number of para-hydroxylation sites is 1. The molecule has 0 aliphatic carbocycles. The minimum atomic E-state index is 0.0881. The van der Waals surface area contributed by atoms with Crippen molar-refractivity contribution in [3.63, 3.8) is 0 Å². The molecular formula is C42H43BN2. The molecule has 3 heteroatoms. The van der Waals surface area contributed by atoms with Gasteiger partial charge in [-0.25, -0.2) is 0 Å². The van der Waals surface area contributed by atoms with Gasteiger partial charge in [0.1, 0.15) is 0 Å². The average molecular weight is 587 g/mol. The molecule has 0 saturated carbocycles. The van der Waals surface area contributed by atoms with E-state index in [4.69, 9.17) is 0 Å². The lowest BCUT2D eigenvalue weighted by Crippen LogP contribution is -2.58. The fourth-order valence-electron chi connectivity index (χ4n) is 9.09. The van der Waals surface area contributed by atoms with Gasteiger partial charge < -0.3 is 9.38 Å². The summed E-state index contributed by atoms with van der Waals surface area (Å²) in [6, 6.07) is 16.2. The highest BCUT2D eigenvalue weighted by atomic mass is 15.2. The van der Waals surface area contributed by atoms with Crippen molar-refractivity contribution in [1.29, 1.82) is 0 Å². The Morgan fingerprint density at radius 1 is 0.467 bits per heavy atom. The van der Waals surface area contributed by atoms with Crippen molar-refractivity contribution in [2.75, 3.05) is 4.90 Å². The zero-order chi connectivity index (χ0) is 32.0. The molecule has 0 N–H and O–H groups in total. The first-order chi connectivity index (χ1) is 21.4. The summed E-state index contributed by atoms with van der Waals surface area (Å²) in [7, 11) is 0. The second-order valence-electron chi connectivity index (χ2n) is 14.1. The predicted molar refractivity (Wildman–Crippen MR) is 197 cm³/mol. The lowest BCUT2D eigenvalue weighted by atomic mass is 9.43. The smallest absolute Gasteiger partial charge is 0.333 e. The molecule has 0 unspecified atom stereocenters. The zero-order valence-corrected chi connectivity index (χ0v) is 29.0. The Kier molecular flexibility index (Phi) is 5.75. The maximum Gasteiger partial charge on any atom is 0.333 e. The molecule has 8 rings (SSSR count). The van der Waals surface area contributed by atoms with E-state index < -0.39 is 0 Å². The van der Waals surface area contributed by atoms with E-state index in [2.05, 4.69) is 135 Å². The van der Waals surface area contributed by atoms with Gasteiger partial charge >= 0.3 is 6.85 Å². The monoisotopic (exact) mass is 586 g/mol. The molecule has 2 aliphatic rings. The van der Waals surface area contributed by atoms with E-state index in [0.29, 0.717) is 0 Å². The third kappa shape index (κ3) is 3.22. The van der Waals surface area contributed by atoms with Crippen LogP contribution in [0, 0.1) is 83.1 Å². The number of nitrogens with zero attached hydrogens (tertiary/aromatic N) is 2. The molecule has 0 saturated heterocycles. The third-order valence-corrected chi connectivity index (χ3v) is 12.5. The molecule has 0 atom stereocenters. The molecule has 1 aromatic heterocycles.